The molecule has 0 bridgehead atoms. The van der Waals surface area contributed by atoms with Gasteiger partial charge in [0.1, 0.15) is 86.6 Å². The number of nitrogens with two attached hydrogens (primary N) is 2. The molecule has 650 valence electrons. The second-order valence-electron chi connectivity index (χ2n) is 30.1. The van der Waals surface area contributed by atoms with Crippen LogP contribution in [0.25, 0.3) is 0 Å². The Morgan fingerprint density at radius 2 is 0.562 bits per heavy atom. The molecule has 0 radical (unpaired) electrons. The molecule has 23 nitrogen and oxygen atoms in total. The zero-order chi connectivity index (χ0) is 87.1. The van der Waals surface area contributed by atoms with Gasteiger partial charge in [-0.05, 0) is 199 Å². The molecular weight excluding hydrogens is 1530 g/mol. The Kier molecular flexibility index (Phi) is 42.7. The largest absolute Gasteiger partial charge is 0.508 e. The first-order valence-electron chi connectivity index (χ1n) is 39.0. The summed E-state index contributed by atoms with van der Waals surface area (Å²) in [5.41, 5.74) is 27.2. The Morgan fingerprint density at radius 1 is 0.339 bits per heavy atom. The fourth-order valence-electron chi connectivity index (χ4n) is 13.3. The molecule has 0 fully saturated rings. The Bertz CT molecular complexity index is 4360. The highest BCUT2D eigenvalue weighted by Crippen LogP contribution is 2.42. The highest BCUT2D eigenvalue weighted by Gasteiger charge is 2.31. The van der Waals surface area contributed by atoms with Gasteiger partial charge in [0.2, 0.25) is 0 Å². The van der Waals surface area contributed by atoms with Gasteiger partial charge >= 0.3 is 0 Å². The third-order valence-electron chi connectivity index (χ3n) is 20.4. The first-order valence-corrected chi connectivity index (χ1v) is 39.0. The van der Waals surface area contributed by atoms with Gasteiger partial charge in [-0.15, -0.1) is 0 Å². The van der Waals surface area contributed by atoms with Crippen LogP contribution in [-0.2, 0) is 66.9 Å². The molecule has 11 aromatic rings. The second-order valence-corrected chi connectivity index (χ2v) is 30.1. The number of nitrogens with zero attached hydrogens (tertiary/aromatic N) is 4. The number of carbonyl (C=O) groups excluding carboxylic acids is 2. The summed E-state index contributed by atoms with van der Waals surface area (Å²) in [7, 11) is 5.67. The fourth-order valence-corrected chi connectivity index (χ4v) is 13.3. The number of nitrogen functional groups attached to an aromatic ring is 1. The number of carbonyl (C=O) groups is 2. The number of ether oxygens (including phenoxy) is 6. The van der Waals surface area contributed by atoms with Crippen molar-refractivity contribution in [3.8, 4) is 46.0 Å². The van der Waals surface area contributed by atoms with Crippen LogP contribution in [0.5, 0.6) is 46.0 Å². The van der Waals surface area contributed by atoms with Crippen LogP contribution >= 0.6 is 0 Å². The highest BCUT2D eigenvalue weighted by molar-refractivity contribution is 5.56. The number of benzene rings is 11. The molecule has 0 atom stereocenters. The molecule has 0 spiro atoms. The minimum absolute atomic E-state index is 0. The van der Waals surface area contributed by atoms with Crippen LogP contribution in [0.2, 0.25) is 0 Å². The zero-order valence-corrected chi connectivity index (χ0v) is 71.1. The smallest absolute Gasteiger partial charge is 0.161 e. The maximum Gasteiger partial charge on any atom is 0.161 e. The number of para-hydroxylation sites is 3. The molecule has 121 heavy (non-hydrogen) atoms. The van der Waals surface area contributed by atoms with E-state index in [9.17, 15) is 20.4 Å². The van der Waals surface area contributed by atoms with Gasteiger partial charge in [0, 0.05) is 87.2 Å². The van der Waals surface area contributed by atoms with E-state index >= 15 is 0 Å². The number of anilines is 3. The van der Waals surface area contributed by atoms with Crippen molar-refractivity contribution in [2.24, 2.45) is 5.73 Å². The molecule has 0 aliphatic carbocycles. The Balaban J connectivity index is 0.000000317. The maximum atomic E-state index is 9.30. The average Bonchev–Trinajstić information content (AvgIpc) is 0.769. The van der Waals surface area contributed by atoms with Crippen LogP contribution in [0.3, 0.4) is 0 Å². The summed E-state index contributed by atoms with van der Waals surface area (Å²) in [5.74, 6) is 5.08. The van der Waals surface area contributed by atoms with E-state index in [-0.39, 0.29) is 98.2 Å². The molecule has 15 N–H and O–H groups in total. The third-order valence-corrected chi connectivity index (χ3v) is 20.4. The first-order chi connectivity index (χ1) is 57.2. The standard InChI is InChI=1S/C31H30N2O2.C21H26N2O2.2C15H16O2.C6H7N.2C3H8O3.CH5N.2CH2O.CH4.H3N/c1-31(2,25-13-15-29-23(17-25)19-32(21-34-29)27-9-5-3-6-10-27)26-14-16-30-24(18-26)20-33(22-35-30)28-11-7-4-8-12-28;1-21(2,17-5-7-19-15(9-17)11-22(3)13-24-19)18-6-8-20-16(10-18)12-23(4)14-25-20;2*1-15(2,11-3-7-13(16)8-4-11)12-5-9-14(17)10-6-12;7-6-4-2-1-3-5-6;2*4-1-2-6-3-5;3*1-2;;/h3-18H,19-22H2,1-2H3;5-10H,11-14H2,1-4H3;2*3-10,16-17H,1-2H3;1-5H,7H2;2*4-5H,1-3H2;2H2,1H3;2*1H2;1H4;1H3. The van der Waals surface area contributed by atoms with Crippen LogP contribution < -0.4 is 46.4 Å². The maximum absolute atomic E-state index is 9.30. The number of hydrogen-bond donors (Lipinski definition) is 11. The number of aromatic hydroxyl groups is 4. The molecule has 0 amide bonds. The van der Waals surface area contributed by atoms with Crippen molar-refractivity contribution in [1.29, 1.82) is 0 Å². The average molecular weight is 1660 g/mol. The number of fused-ring (bicyclic) bond motifs is 4. The lowest BCUT2D eigenvalue weighted by atomic mass is 9.77. The monoisotopic (exact) mass is 1660 g/mol. The molecule has 11 aromatic carbocycles. The van der Waals surface area contributed by atoms with Crippen molar-refractivity contribution >= 4 is 30.6 Å². The van der Waals surface area contributed by atoms with Crippen molar-refractivity contribution in [1.82, 2.24) is 16.0 Å². The van der Waals surface area contributed by atoms with E-state index in [0.717, 1.165) is 77.1 Å². The van der Waals surface area contributed by atoms with Gasteiger partial charge in [-0.25, -0.2) is 0 Å². The lowest BCUT2D eigenvalue weighted by Crippen LogP contribution is -2.32. The topological polar surface area (TPSA) is 351 Å². The van der Waals surface area contributed by atoms with Gasteiger partial charge in [0.05, 0.1) is 26.4 Å². The number of aliphatic hydroxyl groups is 4. The van der Waals surface area contributed by atoms with E-state index in [2.05, 4.69) is 226 Å². The summed E-state index contributed by atoms with van der Waals surface area (Å²) in [4.78, 5) is 24.9. The van der Waals surface area contributed by atoms with Gasteiger partial charge in [-0.2, -0.15) is 0 Å². The summed E-state index contributed by atoms with van der Waals surface area (Å²) in [6.07, 6.45) is 0. The van der Waals surface area contributed by atoms with E-state index in [4.69, 9.17) is 54.7 Å². The first kappa shape index (κ1) is 102. The van der Waals surface area contributed by atoms with Gasteiger partial charge in [0.15, 0.2) is 13.5 Å². The summed E-state index contributed by atoms with van der Waals surface area (Å²) in [5, 5.41) is 68.8. The molecule has 23 heteroatoms. The molecule has 0 unspecified atom stereocenters. The van der Waals surface area contributed by atoms with Crippen LogP contribution in [0.15, 0.2) is 261 Å². The van der Waals surface area contributed by atoms with E-state index in [1.54, 1.807) is 48.5 Å². The van der Waals surface area contributed by atoms with Crippen molar-refractivity contribution < 1.29 is 78.9 Å². The van der Waals surface area contributed by atoms with Crippen molar-refractivity contribution in [2.45, 2.75) is 111 Å². The zero-order valence-electron chi connectivity index (χ0n) is 71.1. The Morgan fingerprint density at radius 3 is 0.785 bits per heavy atom. The third kappa shape index (κ3) is 29.8. The summed E-state index contributed by atoms with van der Waals surface area (Å²) >= 11 is 0. The van der Waals surface area contributed by atoms with Gasteiger partial charge in [0.25, 0.3) is 0 Å². The molecule has 4 heterocycles. The van der Waals surface area contributed by atoms with Crippen LogP contribution in [0.4, 0.5) is 17.1 Å². The van der Waals surface area contributed by atoms with E-state index in [1.807, 2.05) is 105 Å². The normalized spacial score (nSPS) is 12.8. The Hall–Kier alpha value is -11.8. The predicted octanol–water partition coefficient (Wildman–Crippen LogP) is 16.3. The summed E-state index contributed by atoms with van der Waals surface area (Å²) in [6.45, 7) is 27.4. The Labute approximate surface area is 715 Å². The SMILES string of the molecule is C.C=O.C=O.CC(C)(c1ccc(O)cc1)c1ccc(O)cc1.CC(C)(c1ccc(O)cc1)c1ccc(O)cc1.CC(C)(c1ccc2c(c1)CN(c1ccccc1)CO2)c1ccc2c(c1)CN(c1ccccc1)CO2.CN.CN1COc2ccc(C(C)(C)c3ccc4c(c3)CN(C)CO4)cc2C1.N.Nc1ccccc1.OCCOCO.OCCOCO. The van der Waals surface area contributed by atoms with E-state index < -0.39 is 0 Å². The lowest BCUT2D eigenvalue weighted by Gasteiger charge is -2.34. The van der Waals surface area contributed by atoms with E-state index in [0.29, 0.717) is 26.9 Å². The predicted molar refractivity (Wildman–Crippen MR) is 484 cm³/mol. The van der Waals surface area contributed by atoms with Gasteiger partial charge in [-0.1, -0.05) is 190 Å². The molecule has 0 saturated heterocycles. The number of hydrogen-bond acceptors (Lipinski definition) is 23. The summed E-state index contributed by atoms with van der Waals surface area (Å²) < 4.78 is 32.4. The quantitative estimate of drug-likeness (QED) is 0.0243. The fraction of sp³-hybridized carbons (Fsp3) is 0.306. The van der Waals surface area contributed by atoms with Crippen molar-refractivity contribution in [3.63, 3.8) is 0 Å². The second kappa shape index (κ2) is 50.9. The van der Waals surface area contributed by atoms with Gasteiger partial charge in [-0.3, -0.25) is 9.80 Å². The van der Waals surface area contributed by atoms with Crippen LogP contribution in [0, 0.1) is 0 Å². The molecule has 4 aliphatic heterocycles. The number of aliphatic hydroxyl groups excluding tert-OH is 4. The molecule has 0 saturated carbocycles. The molecule has 4 aliphatic rings. The molecule has 15 rings (SSSR count). The minimum atomic E-state index is -0.305. The number of phenolic OH excluding ortho intramolecular Hbond substituents is 4. The molecular formula is C98H127N7O16. The lowest BCUT2D eigenvalue weighted by molar-refractivity contribution is -0.0987. The molecule has 0 aromatic heterocycles. The number of phenols is 4. The van der Waals surface area contributed by atoms with Crippen molar-refractivity contribution in [3.05, 3.63) is 328 Å². The summed E-state index contributed by atoms with van der Waals surface area (Å²) in [6, 6.07) is 85.9. The van der Waals surface area contributed by atoms with Crippen molar-refractivity contribution in [2.75, 3.05) is 104 Å². The van der Waals surface area contributed by atoms with Crippen LogP contribution in [0.1, 0.15) is 130 Å². The number of rotatable bonds is 16. The van der Waals surface area contributed by atoms with E-state index in [1.165, 1.54) is 62.9 Å². The van der Waals surface area contributed by atoms with Gasteiger partial charge < -0.3 is 106 Å². The van der Waals surface area contributed by atoms with Crippen LogP contribution in [-0.4, -0.2) is 152 Å². The highest BCUT2D eigenvalue weighted by atomic mass is 16.6. The minimum Gasteiger partial charge on any atom is -0.508 e.